The molecule has 2 nitrogen and oxygen atoms in total. The van der Waals surface area contributed by atoms with Crippen molar-refractivity contribution in [1.29, 1.82) is 0 Å². The van der Waals surface area contributed by atoms with Gasteiger partial charge < -0.3 is 10.5 Å². The van der Waals surface area contributed by atoms with E-state index in [0.29, 0.717) is 17.0 Å². The highest BCUT2D eigenvalue weighted by Crippen LogP contribution is 2.25. The van der Waals surface area contributed by atoms with E-state index in [2.05, 4.69) is 15.9 Å². The molecule has 0 aliphatic heterocycles. The number of hydrogen-bond donors (Lipinski definition) is 1. The molecule has 2 rings (SSSR count). The van der Waals surface area contributed by atoms with Crippen LogP contribution >= 0.6 is 15.9 Å². The van der Waals surface area contributed by atoms with Crippen LogP contribution in [0.15, 0.2) is 46.9 Å². The van der Waals surface area contributed by atoms with Gasteiger partial charge in [0, 0.05) is 11.3 Å². The number of halogens is 2. The SMILES string of the molecule is Nc1ccc(COc2ccccc2Br)c(F)c1. The fourth-order valence-corrected chi connectivity index (χ4v) is 1.80. The maximum Gasteiger partial charge on any atom is 0.133 e. The summed E-state index contributed by atoms with van der Waals surface area (Å²) in [4.78, 5) is 0. The molecule has 0 aliphatic carbocycles. The Balaban J connectivity index is 2.10. The topological polar surface area (TPSA) is 35.2 Å². The van der Waals surface area contributed by atoms with Gasteiger partial charge in [0.2, 0.25) is 0 Å². The van der Waals surface area contributed by atoms with Crippen molar-refractivity contribution in [3.05, 3.63) is 58.3 Å². The molecule has 2 aromatic carbocycles. The second-order valence-electron chi connectivity index (χ2n) is 3.57. The highest BCUT2D eigenvalue weighted by Gasteiger charge is 2.05. The molecule has 0 aliphatic rings. The van der Waals surface area contributed by atoms with Gasteiger partial charge in [0.05, 0.1) is 4.47 Å². The third kappa shape index (κ3) is 2.97. The molecule has 0 spiro atoms. The Morgan fingerprint density at radius 2 is 1.94 bits per heavy atom. The van der Waals surface area contributed by atoms with Gasteiger partial charge in [-0.3, -0.25) is 0 Å². The van der Waals surface area contributed by atoms with E-state index in [1.807, 2.05) is 24.3 Å². The molecule has 0 aromatic heterocycles. The number of nitrogen functional groups attached to an aromatic ring is 1. The third-order valence-corrected chi connectivity index (χ3v) is 2.95. The second kappa shape index (κ2) is 5.19. The summed E-state index contributed by atoms with van der Waals surface area (Å²) in [5, 5.41) is 0. The molecule has 2 N–H and O–H groups in total. The number of rotatable bonds is 3. The smallest absolute Gasteiger partial charge is 0.133 e. The molecule has 0 saturated carbocycles. The minimum absolute atomic E-state index is 0.175. The lowest BCUT2D eigenvalue weighted by molar-refractivity contribution is 0.298. The minimum atomic E-state index is -0.350. The first-order chi connectivity index (χ1) is 8.16. The predicted molar refractivity (Wildman–Crippen MR) is 69.3 cm³/mol. The summed E-state index contributed by atoms with van der Waals surface area (Å²) in [5.74, 6) is 0.334. The molecule has 0 amide bonds. The van der Waals surface area contributed by atoms with E-state index in [0.717, 1.165) is 4.47 Å². The fraction of sp³-hybridized carbons (Fsp3) is 0.0769. The zero-order valence-electron chi connectivity index (χ0n) is 8.99. The van der Waals surface area contributed by atoms with E-state index in [-0.39, 0.29) is 12.4 Å². The maximum absolute atomic E-state index is 13.5. The van der Waals surface area contributed by atoms with E-state index in [4.69, 9.17) is 10.5 Å². The Bertz CT molecular complexity index is 531. The molecule has 4 heteroatoms. The van der Waals surface area contributed by atoms with Crippen LogP contribution in [0.2, 0.25) is 0 Å². The molecule has 2 aromatic rings. The van der Waals surface area contributed by atoms with Gasteiger partial charge in [0.1, 0.15) is 18.2 Å². The van der Waals surface area contributed by atoms with Crippen LogP contribution in [-0.2, 0) is 6.61 Å². The van der Waals surface area contributed by atoms with Crippen molar-refractivity contribution in [2.45, 2.75) is 6.61 Å². The Morgan fingerprint density at radius 1 is 1.18 bits per heavy atom. The quantitative estimate of drug-likeness (QED) is 0.875. The molecule has 88 valence electrons. The molecule has 0 bridgehead atoms. The van der Waals surface area contributed by atoms with Gasteiger partial charge in [-0.1, -0.05) is 18.2 Å². The van der Waals surface area contributed by atoms with Gasteiger partial charge in [-0.15, -0.1) is 0 Å². The average Bonchev–Trinajstić information content (AvgIpc) is 2.30. The van der Waals surface area contributed by atoms with Gasteiger partial charge in [-0.05, 0) is 40.2 Å². The Labute approximate surface area is 107 Å². The van der Waals surface area contributed by atoms with Crippen LogP contribution in [0.5, 0.6) is 5.75 Å². The largest absolute Gasteiger partial charge is 0.488 e. The Hall–Kier alpha value is -1.55. The fourth-order valence-electron chi connectivity index (χ4n) is 1.40. The van der Waals surface area contributed by atoms with Crippen LogP contribution in [0, 0.1) is 5.82 Å². The summed E-state index contributed by atoms with van der Waals surface area (Å²) in [6.45, 7) is 0.175. The highest BCUT2D eigenvalue weighted by atomic mass is 79.9. The van der Waals surface area contributed by atoms with Crippen molar-refractivity contribution in [2.75, 3.05) is 5.73 Å². The van der Waals surface area contributed by atoms with Crippen molar-refractivity contribution in [1.82, 2.24) is 0 Å². The number of ether oxygens (including phenoxy) is 1. The van der Waals surface area contributed by atoms with E-state index >= 15 is 0 Å². The van der Waals surface area contributed by atoms with Crippen LogP contribution in [-0.4, -0.2) is 0 Å². The first-order valence-electron chi connectivity index (χ1n) is 5.08. The van der Waals surface area contributed by atoms with Crippen LogP contribution in [0.3, 0.4) is 0 Å². The molecule has 0 fully saturated rings. The van der Waals surface area contributed by atoms with Crippen LogP contribution in [0.1, 0.15) is 5.56 Å². The second-order valence-corrected chi connectivity index (χ2v) is 4.42. The van der Waals surface area contributed by atoms with Crippen molar-refractivity contribution < 1.29 is 9.13 Å². The summed E-state index contributed by atoms with van der Waals surface area (Å²) in [6, 6.07) is 12.0. The first kappa shape index (κ1) is 11.9. The highest BCUT2D eigenvalue weighted by molar-refractivity contribution is 9.10. The summed E-state index contributed by atoms with van der Waals surface area (Å²) >= 11 is 3.36. The zero-order chi connectivity index (χ0) is 12.3. The molecule has 0 heterocycles. The van der Waals surface area contributed by atoms with Crippen LogP contribution in [0.4, 0.5) is 10.1 Å². The molecule has 17 heavy (non-hydrogen) atoms. The Morgan fingerprint density at radius 3 is 2.65 bits per heavy atom. The van der Waals surface area contributed by atoms with E-state index < -0.39 is 0 Å². The summed E-state index contributed by atoms with van der Waals surface area (Å²) in [7, 11) is 0. The van der Waals surface area contributed by atoms with Gasteiger partial charge in [-0.2, -0.15) is 0 Å². The predicted octanol–water partition coefficient (Wildman–Crippen LogP) is 3.75. The molecular weight excluding hydrogens is 285 g/mol. The normalized spacial score (nSPS) is 10.2. The van der Waals surface area contributed by atoms with Crippen molar-refractivity contribution >= 4 is 21.6 Å². The van der Waals surface area contributed by atoms with Crippen molar-refractivity contribution in [3.8, 4) is 5.75 Å². The monoisotopic (exact) mass is 295 g/mol. The maximum atomic E-state index is 13.5. The van der Waals surface area contributed by atoms with E-state index in [1.165, 1.54) is 6.07 Å². The Kier molecular flexibility index (Phi) is 3.64. The number of hydrogen-bond acceptors (Lipinski definition) is 2. The third-order valence-electron chi connectivity index (χ3n) is 2.30. The molecular formula is C13H11BrFNO. The lowest BCUT2D eigenvalue weighted by Crippen LogP contribution is -1.99. The van der Waals surface area contributed by atoms with Crippen LogP contribution in [0.25, 0.3) is 0 Å². The standard InChI is InChI=1S/C13H11BrFNO/c14-11-3-1-2-4-13(11)17-8-9-5-6-10(16)7-12(9)15/h1-7H,8,16H2. The van der Waals surface area contributed by atoms with Crippen molar-refractivity contribution in [2.24, 2.45) is 0 Å². The average molecular weight is 296 g/mol. The zero-order valence-corrected chi connectivity index (χ0v) is 10.6. The van der Waals surface area contributed by atoms with Gasteiger partial charge in [0.15, 0.2) is 0 Å². The number of anilines is 1. The van der Waals surface area contributed by atoms with Gasteiger partial charge >= 0.3 is 0 Å². The molecule has 0 saturated heterocycles. The summed E-state index contributed by atoms with van der Waals surface area (Å²) < 4.78 is 19.8. The lowest BCUT2D eigenvalue weighted by atomic mass is 10.2. The van der Waals surface area contributed by atoms with E-state index in [9.17, 15) is 4.39 Å². The van der Waals surface area contributed by atoms with Crippen LogP contribution < -0.4 is 10.5 Å². The number of nitrogens with two attached hydrogens (primary N) is 1. The molecule has 0 atom stereocenters. The first-order valence-corrected chi connectivity index (χ1v) is 5.87. The van der Waals surface area contributed by atoms with Crippen molar-refractivity contribution in [3.63, 3.8) is 0 Å². The van der Waals surface area contributed by atoms with Gasteiger partial charge in [-0.25, -0.2) is 4.39 Å². The van der Waals surface area contributed by atoms with E-state index in [1.54, 1.807) is 12.1 Å². The minimum Gasteiger partial charge on any atom is -0.488 e. The number of para-hydroxylation sites is 1. The molecule has 0 radical (unpaired) electrons. The lowest BCUT2D eigenvalue weighted by Gasteiger charge is -2.09. The van der Waals surface area contributed by atoms with Gasteiger partial charge in [0.25, 0.3) is 0 Å². The summed E-state index contributed by atoms with van der Waals surface area (Å²) in [6.07, 6.45) is 0. The summed E-state index contributed by atoms with van der Waals surface area (Å²) in [5.41, 5.74) is 6.36. The molecule has 0 unspecified atom stereocenters. The number of benzene rings is 2.